The molecule has 1 aromatic heterocycles. The Balaban J connectivity index is 2.14. The minimum Gasteiger partial charge on any atom is -0.497 e. The van der Waals surface area contributed by atoms with E-state index < -0.39 is 5.91 Å². The normalized spacial score (nSPS) is 10.0. The second kappa shape index (κ2) is 8.65. The fraction of sp³-hybridized carbons (Fsp3) is 0.235. The number of benzene rings is 1. The number of carbonyl (C=O) groups is 2. The molecular formula is C17H19N3O5. The van der Waals surface area contributed by atoms with Crippen LogP contribution in [0.15, 0.2) is 36.5 Å². The zero-order chi connectivity index (χ0) is 18.2. The number of methoxy groups -OCH3 is 3. The fourth-order valence-corrected chi connectivity index (χ4v) is 2.05. The molecule has 0 atom stereocenters. The van der Waals surface area contributed by atoms with Gasteiger partial charge in [-0.1, -0.05) is 0 Å². The second-order valence-electron chi connectivity index (χ2n) is 4.93. The standard InChI is InChI=1S/C17H19N3O5/c1-23-10-16(21)20-13-5-4-11(8-15(13)25-3)19-17(22)14-9-12(24-2)6-7-18-14/h4-9H,10H2,1-3H3,(H,19,22)(H,20,21). The van der Waals surface area contributed by atoms with Crippen molar-refractivity contribution in [3.63, 3.8) is 0 Å². The molecule has 0 fully saturated rings. The summed E-state index contributed by atoms with van der Waals surface area (Å²) in [6.07, 6.45) is 1.49. The minimum atomic E-state index is -0.392. The van der Waals surface area contributed by atoms with Gasteiger partial charge in [-0.2, -0.15) is 0 Å². The number of aromatic nitrogens is 1. The van der Waals surface area contributed by atoms with Gasteiger partial charge in [-0.15, -0.1) is 0 Å². The predicted molar refractivity (Wildman–Crippen MR) is 92.2 cm³/mol. The topological polar surface area (TPSA) is 98.8 Å². The number of hydrogen-bond donors (Lipinski definition) is 2. The molecule has 2 aromatic rings. The van der Waals surface area contributed by atoms with Crippen molar-refractivity contribution in [2.75, 3.05) is 38.6 Å². The number of carbonyl (C=O) groups excluding carboxylic acids is 2. The van der Waals surface area contributed by atoms with Gasteiger partial charge in [0.15, 0.2) is 0 Å². The number of rotatable bonds is 7. The summed E-state index contributed by atoms with van der Waals surface area (Å²) in [7, 11) is 4.41. The molecule has 0 spiro atoms. The van der Waals surface area contributed by atoms with Crippen LogP contribution in [0.1, 0.15) is 10.5 Å². The highest BCUT2D eigenvalue weighted by Crippen LogP contribution is 2.28. The number of nitrogens with one attached hydrogen (secondary N) is 2. The molecule has 2 amide bonds. The molecule has 0 saturated heterocycles. The average molecular weight is 345 g/mol. The van der Waals surface area contributed by atoms with Crippen LogP contribution in [-0.4, -0.2) is 44.7 Å². The largest absolute Gasteiger partial charge is 0.497 e. The van der Waals surface area contributed by atoms with E-state index in [9.17, 15) is 9.59 Å². The lowest BCUT2D eigenvalue weighted by Crippen LogP contribution is -2.18. The molecule has 0 aliphatic rings. The molecule has 0 radical (unpaired) electrons. The molecule has 8 nitrogen and oxygen atoms in total. The van der Waals surface area contributed by atoms with Crippen molar-refractivity contribution in [2.24, 2.45) is 0 Å². The summed E-state index contributed by atoms with van der Waals surface area (Å²) in [4.78, 5) is 27.9. The number of anilines is 2. The first-order valence-electron chi connectivity index (χ1n) is 7.35. The van der Waals surface area contributed by atoms with Crippen LogP contribution >= 0.6 is 0 Å². The van der Waals surface area contributed by atoms with E-state index >= 15 is 0 Å². The monoisotopic (exact) mass is 345 g/mol. The average Bonchev–Trinajstić information content (AvgIpc) is 2.63. The van der Waals surface area contributed by atoms with Crippen molar-refractivity contribution in [3.8, 4) is 11.5 Å². The summed E-state index contributed by atoms with van der Waals surface area (Å²) in [6.45, 7) is -0.0663. The molecule has 25 heavy (non-hydrogen) atoms. The quantitative estimate of drug-likeness (QED) is 0.796. The molecule has 0 bridgehead atoms. The molecule has 1 aromatic carbocycles. The van der Waals surface area contributed by atoms with E-state index in [0.29, 0.717) is 22.9 Å². The van der Waals surface area contributed by atoms with E-state index in [4.69, 9.17) is 14.2 Å². The zero-order valence-electron chi connectivity index (χ0n) is 14.2. The number of pyridine rings is 1. The lowest BCUT2D eigenvalue weighted by molar-refractivity contribution is -0.119. The summed E-state index contributed by atoms with van der Waals surface area (Å²) < 4.78 is 15.1. The zero-order valence-corrected chi connectivity index (χ0v) is 14.2. The van der Waals surface area contributed by atoms with Gasteiger partial charge in [0.25, 0.3) is 5.91 Å². The van der Waals surface area contributed by atoms with E-state index in [1.54, 1.807) is 24.3 Å². The number of ether oxygens (including phenoxy) is 3. The van der Waals surface area contributed by atoms with Gasteiger partial charge in [0.1, 0.15) is 23.8 Å². The van der Waals surface area contributed by atoms with Crippen molar-refractivity contribution in [3.05, 3.63) is 42.2 Å². The highest BCUT2D eigenvalue weighted by molar-refractivity contribution is 6.03. The highest BCUT2D eigenvalue weighted by Gasteiger charge is 2.12. The summed E-state index contributed by atoms with van der Waals surface area (Å²) in [5.74, 6) is 0.241. The van der Waals surface area contributed by atoms with Crippen molar-refractivity contribution < 1.29 is 23.8 Å². The van der Waals surface area contributed by atoms with Gasteiger partial charge in [-0.25, -0.2) is 0 Å². The maximum absolute atomic E-state index is 12.3. The predicted octanol–water partition coefficient (Wildman–Crippen LogP) is 1.94. The van der Waals surface area contributed by atoms with Gasteiger partial charge in [0.2, 0.25) is 5.91 Å². The summed E-state index contributed by atoms with van der Waals surface area (Å²) in [5, 5.41) is 5.37. The third-order valence-corrected chi connectivity index (χ3v) is 3.21. The molecule has 0 saturated carbocycles. The molecule has 1 heterocycles. The Morgan fingerprint density at radius 2 is 1.84 bits per heavy atom. The van der Waals surface area contributed by atoms with Crippen LogP contribution < -0.4 is 20.1 Å². The number of nitrogens with zero attached hydrogens (tertiary/aromatic N) is 1. The molecule has 0 unspecified atom stereocenters. The summed E-state index contributed by atoms with van der Waals surface area (Å²) >= 11 is 0. The lowest BCUT2D eigenvalue weighted by Gasteiger charge is -2.12. The Morgan fingerprint density at radius 3 is 2.52 bits per heavy atom. The summed E-state index contributed by atoms with van der Waals surface area (Å²) in [6, 6.07) is 8.05. The van der Waals surface area contributed by atoms with Gasteiger partial charge < -0.3 is 24.8 Å². The Bertz CT molecular complexity index is 764. The van der Waals surface area contributed by atoms with Gasteiger partial charge in [0, 0.05) is 31.1 Å². The van der Waals surface area contributed by atoms with E-state index in [-0.39, 0.29) is 18.2 Å². The van der Waals surface area contributed by atoms with E-state index in [2.05, 4.69) is 15.6 Å². The Hall–Kier alpha value is -3.13. The smallest absolute Gasteiger partial charge is 0.274 e. The molecular weight excluding hydrogens is 326 g/mol. The van der Waals surface area contributed by atoms with Crippen LogP contribution in [-0.2, 0) is 9.53 Å². The molecule has 2 N–H and O–H groups in total. The lowest BCUT2D eigenvalue weighted by atomic mass is 10.2. The van der Waals surface area contributed by atoms with Crippen LogP contribution in [0.3, 0.4) is 0 Å². The minimum absolute atomic E-state index is 0.0663. The molecule has 132 valence electrons. The van der Waals surface area contributed by atoms with Crippen LogP contribution in [0, 0.1) is 0 Å². The van der Waals surface area contributed by atoms with Crippen molar-refractivity contribution in [1.29, 1.82) is 0 Å². The van der Waals surface area contributed by atoms with Gasteiger partial charge in [0.05, 0.1) is 19.9 Å². The number of amides is 2. The molecule has 0 aliphatic carbocycles. The molecule has 2 rings (SSSR count). The van der Waals surface area contributed by atoms with Crippen molar-refractivity contribution in [2.45, 2.75) is 0 Å². The molecule has 8 heteroatoms. The first-order chi connectivity index (χ1) is 12.1. The number of hydrogen-bond acceptors (Lipinski definition) is 6. The second-order valence-corrected chi connectivity index (χ2v) is 4.93. The SMILES string of the molecule is COCC(=O)Nc1ccc(NC(=O)c2cc(OC)ccn2)cc1OC. The van der Waals surface area contributed by atoms with Crippen LogP contribution in [0.4, 0.5) is 11.4 Å². The van der Waals surface area contributed by atoms with E-state index in [1.165, 1.54) is 33.6 Å². The van der Waals surface area contributed by atoms with E-state index in [0.717, 1.165) is 0 Å². The Kier molecular flexibility index (Phi) is 6.30. The van der Waals surface area contributed by atoms with E-state index in [1.807, 2.05) is 0 Å². The Labute approximate surface area is 145 Å². The highest BCUT2D eigenvalue weighted by atomic mass is 16.5. The van der Waals surface area contributed by atoms with Crippen molar-refractivity contribution >= 4 is 23.2 Å². The third-order valence-electron chi connectivity index (χ3n) is 3.21. The summed E-state index contributed by atoms with van der Waals surface area (Å²) in [5.41, 5.74) is 1.19. The van der Waals surface area contributed by atoms with Gasteiger partial charge in [-0.3, -0.25) is 14.6 Å². The van der Waals surface area contributed by atoms with Gasteiger partial charge >= 0.3 is 0 Å². The van der Waals surface area contributed by atoms with Crippen molar-refractivity contribution in [1.82, 2.24) is 4.98 Å². The van der Waals surface area contributed by atoms with Crippen LogP contribution in [0.5, 0.6) is 11.5 Å². The third kappa shape index (κ3) is 4.92. The van der Waals surface area contributed by atoms with Crippen LogP contribution in [0.2, 0.25) is 0 Å². The first kappa shape index (κ1) is 18.2. The van der Waals surface area contributed by atoms with Gasteiger partial charge in [-0.05, 0) is 18.2 Å². The maximum Gasteiger partial charge on any atom is 0.274 e. The molecule has 0 aliphatic heterocycles. The Morgan fingerprint density at radius 1 is 1.04 bits per heavy atom. The van der Waals surface area contributed by atoms with Crippen LogP contribution in [0.25, 0.3) is 0 Å². The fourth-order valence-electron chi connectivity index (χ4n) is 2.05. The first-order valence-corrected chi connectivity index (χ1v) is 7.35. The maximum atomic E-state index is 12.3.